The molecule has 6 aromatic rings. The molecule has 0 aromatic heterocycles. The van der Waals surface area contributed by atoms with Crippen LogP contribution in [0.1, 0.15) is 28.1 Å². The van der Waals surface area contributed by atoms with Gasteiger partial charge in [-0.15, -0.1) is 12.8 Å². The van der Waals surface area contributed by atoms with Crippen molar-refractivity contribution in [3.05, 3.63) is 121 Å². The number of sulfonamides is 2. The number of hydrogen-bond donors (Lipinski definition) is 1. The zero-order valence-electron chi connectivity index (χ0n) is 49.3. The maximum absolute atomic E-state index is 14.5. The van der Waals surface area contributed by atoms with Crippen LogP contribution in [0.4, 0.5) is 31.5 Å². The van der Waals surface area contributed by atoms with Gasteiger partial charge in [-0.25, -0.2) is 25.6 Å². The zero-order valence-corrected chi connectivity index (χ0v) is 57.7. The molecule has 0 saturated heterocycles. The number of anilines is 4. The van der Waals surface area contributed by atoms with Gasteiger partial charge in [-0.1, -0.05) is 76.3 Å². The van der Waals surface area contributed by atoms with E-state index in [4.69, 9.17) is 46.6 Å². The molecule has 6 aromatic carbocycles. The summed E-state index contributed by atoms with van der Waals surface area (Å²) in [5, 5.41) is 11.2. The number of carbonyl (C=O) groups is 5. The van der Waals surface area contributed by atoms with Crippen molar-refractivity contribution >= 4 is 111 Å². The molecule has 6 rings (SSSR count). The Morgan fingerprint density at radius 1 is 0.624 bits per heavy atom. The number of fused-ring (bicyclic) bond motifs is 2. The first kappa shape index (κ1) is 77.6. The summed E-state index contributed by atoms with van der Waals surface area (Å²) < 4.78 is 114. The summed E-state index contributed by atoms with van der Waals surface area (Å²) >= 11 is 2.90. The fourth-order valence-corrected chi connectivity index (χ4v) is 10.6. The molecule has 85 heavy (non-hydrogen) atoms. The van der Waals surface area contributed by atoms with Crippen LogP contribution >= 0.6 is 15.9 Å². The molecule has 0 aliphatic heterocycles. The summed E-state index contributed by atoms with van der Waals surface area (Å²) in [6.45, 7) is 3.23. The second-order valence-electron chi connectivity index (χ2n) is 16.9. The Kier molecular flexibility index (Phi) is 35.3. The monoisotopic (exact) mass is 1330 g/mol. The number of rotatable bonds is 22. The van der Waals surface area contributed by atoms with Crippen LogP contribution in [-0.4, -0.2) is 127 Å². The van der Waals surface area contributed by atoms with Crippen LogP contribution in [0.2, 0.25) is 0 Å². The fraction of sp³-hybridized carbons (Fsp3) is 0.281. The topological polar surface area (TPSA) is 263 Å². The Morgan fingerprint density at radius 3 is 1.40 bits per heavy atom. The number of terminal acetylenes is 2. The molecular formula is C57H61BrF2K2N4O17S2. The number of nitrogens with zero attached hydrogens (tertiary/aromatic N) is 3. The second-order valence-corrected chi connectivity index (χ2v) is 21.0. The van der Waals surface area contributed by atoms with Crippen molar-refractivity contribution in [3.8, 4) is 36.2 Å². The van der Waals surface area contributed by atoms with Crippen molar-refractivity contribution in [2.75, 3.05) is 86.5 Å². The van der Waals surface area contributed by atoms with Crippen LogP contribution in [-0.2, 0) is 67.9 Å². The summed E-state index contributed by atoms with van der Waals surface area (Å²) in [6, 6.07) is 26.7. The number of carbonyl (C=O) groups excluding carboxylic acids is 5. The average Bonchev–Trinajstić information content (AvgIpc) is 1.71. The van der Waals surface area contributed by atoms with Crippen LogP contribution in [0.3, 0.4) is 0 Å². The molecule has 0 unspecified atom stereocenters. The first-order valence-electron chi connectivity index (χ1n) is 24.2. The van der Waals surface area contributed by atoms with E-state index in [1.165, 1.54) is 65.9 Å². The van der Waals surface area contributed by atoms with Crippen molar-refractivity contribution in [1.82, 2.24) is 0 Å². The maximum Gasteiger partial charge on any atom is 1.00 e. The predicted molar refractivity (Wildman–Crippen MR) is 310 cm³/mol. The van der Waals surface area contributed by atoms with E-state index in [1.807, 2.05) is 35.8 Å². The summed E-state index contributed by atoms with van der Waals surface area (Å²) in [5.74, 6) is 1.53. The van der Waals surface area contributed by atoms with Gasteiger partial charge >= 0.3 is 127 Å². The molecule has 28 heteroatoms. The van der Waals surface area contributed by atoms with E-state index in [1.54, 1.807) is 54.6 Å². The predicted octanol–water partition coefficient (Wildman–Crippen LogP) is 1.04. The Bertz CT molecular complexity index is 3560. The number of hydrogen-bond acceptors (Lipinski definition) is 19. The van der Waals surface area contributed by atoms with Crippen LogP contribution in [0, 0.1) is 36.3 Å². The van der Waals surface area contributed by atoms with E-state index in [0.29, 0.717) is 27.5 Å². The van der Waals surface area contributed by atoms with Crippen molar-refractivity contribution in [2.45, 2.75) is 48.6 Å². The Morgan fingerprint density at radius 2 is 1.01 bits per heavy atom. The second kappa shape index (κ2) is 38.7. The largest absolute Gasteiger partial charge is 1.00 e. The minimum Gasteiger partial charge on any atom is -1.00 e. The molecule has 1 N–H and O–H groups in total. The molecule has 0 bridgehead atoms. The Hall–Kier alpha value is -5.42. The van der Waals surface area contributed by atoms with Gasteiger partial charge in [0.1, 0.15) is 11.9 Å². The molecular weight excluding hydrogens is 1270 g/mol. The number of alkyl halides is 1. The van der Waals surface area contributed by atoms with Gasteiger partial charge in [0.2, 0.25) is 0 Å². The quantitative estimate of drug-likeness (QED) is 0.0145. The van der Waals surface area contributed by atoms with Gasteiger partial charge in [0.05, 0.1) is 89.8 Å². The molecule has 0 aliphatic rings. The number of esters is 4. The van der Waals surface area contributed by atoms with Crippen LogP contribution in [0.15, 0.2) is 119 Å². The average molecular weight is 1330 g/mol. The SMILES string of the molecule is C#CCN(c1ccc(N(CC(=O)OC)S(=O)(=O)c2ccc(OC)c(F)c2)c2ccccc12)[C@@H](C)CC(=O)OC.C#CCN(c1ccc(NS(=O)(=O)c2ccc(OC)c(F)c2)c2ccccc12)[C@@H](C)CC(=O)OC.COC(=O)CBr.O=CO[O-].[H-].[K+].[K+]. The third-order valence-electron chi connectivity index (χ3n) is 11.9. The minimum atomic E-state index is -4.45. The molecule has 0 saturated carbocycles. The summed E-state index contributed by atoms with van der Waals surface area (Å²) in [7, 11) is -0.851. The zero-order chi connectivity index (χ0) is 62.0. The van der Waals surface area contributed by atoms with Gasteiger partial charge in [-0.2, -0.15) is 0 Å². The van der Waals surface area contributed by atoms with Crippen molar-refractivity contribution < 1.29 is 192 Å². The van der Waals surface area contributed by atoms with Gasteiger partial charge in [-0.05, 0) is 74.5 Å². The molecule has 2 atom stereocenters. The van der Waals surface area contributed by atoms with E-state index in [0.717, 1.165) is 34.6 Å². The van der Waals surface area contributed by atoms with Crippen LogP contribution in [0.5, 0.6) is 11.5 Å². The number of benzene rings is 6. The first-order valence-corrected chi connectivity index (χ1v) is 28.3. The molecule has 0 spiro atoms. The normalized spacial score (nSPS) is 11.0. The van der Waals surface area contributed by atoms with E-state index in [2.05, 4.69) is 42.1 Å². The van der Waals surface area contributed by atoms with Crippen molar-refractivity contribution in [3.63, 3.8) is 0 Å². The third-order valence-corrected chi connectivity index (χ3v) is 15.5. The van der Waals surface area contributed by atoms with Gasteiger partial charge in [0, 0.05) is 45.0 Å². The summed E-state index contributed by atoms with van der Waals surface area (Å²) in [6.07, 6.45) is 11.4. The number of halogens is 3. The summed E-state index contributed by atoms with van der Waals surface area (Å²) in [5.41, 5.74) is 1.87. The fourth-order valence-electron chi connectivity index (χ4n) is 7.87. The van der Waals surface area contributed by atoms with Gasteiger partial charge in [-0.3, -0.25) is 33.0 Å². The molecule has 0 fully saturated rings. The molecule has 446 valence electrons. The van der Waals surface area contributed by atoms with Crippen LogP contribution < -0.4 is 136 Å². The van der Waals surface area contributed by atoms with E-state index < -0.39 is 50.2 Å². The van der Waals surface area contributed by atoms with Gasteiger partial charge in [0.25, 0.3) is 26.5 Å². The van der Waals surface area contributed by atoms with E-state index in [9.17, 15) is 44.8 Å². The molecule has 0 aliphatic carbocycles. The van der Waals surface area contributed by atoms with Crippen molar-refractivity contribution in [1.29, 1.82) is 0 Å². The molecule has 0 amide bonds. The standard InChI is InChI=1S/C28H29FN2O7S.C25H25FN2O5S.C3H5BrO2.CH2O3.2K.H/c1-6-15-30(19(2)16-27(32)37-4)24-12-13-25(22-10-8-7-9-21(22)24)31(18-28(33)38-5)39(34,35)20-11-14-26(36-3)23(29)17-20;1-5-14-28(17(2)15-25(29)33-4)23-12-11-22(19-8-6-7-9-20(19)23)27-34(30,31)18-10-13-24(32-3)21(26)16-18;1-6-3(5)2-4;2-1-4-3;;;/h1,7-14,17,19H,15-16,18H2,2-5H3;1,6-13,16-17,27H,14-15H2,2-4H3;2H2,1H3;1,3H;;;/q;;;;2*+1;-1/p-1/t19-;17-;;;;;/m00...../s1. The number of methoxy groups -OCH3 is 6. The summed E-state index contributed by atoms with van der Waals surface area (Å²) in [4.78, 5) is 60.4. The van der Waals surface area contributed by atoms with Gasteiger partial charge < -0.3 is 49.8 Å². The smallest absolute Gasteiger partial charge is 1.00 e. The Balaban J connectivity index is 0.00000141. The number of ether oxygens (including phenoxy) is 6. The van der Waals surface area contributed by atoms with Crippen molar-refractivity contribution in [2.24, 2.45) is 0 Å². The molecule has 21 nitrogen and oxygen atoms in total. The minimum absolute atomic E-state index is 0. The first-order chi connectivity index (χ1) is 39.5. The molecule has 0 heterocycles. The van der Waals surface area contributed by atoms with E-state index >= 15 is 0 Å². The number of nitrogens with one attached hydrogen (secondary N) is 1. The third kappa shape index (κ3) is 22.0. The van der Waals surface area contributed by atoms with E-state index in [-0.39, 0.29) is 193 Å². The Labute approximate surface area is 587 Å². The maximum atomic E-state index is 14.5. The molecule has 0 radical (unpaired) electrons. The van der Waals surface area contributed by atoms with Crippen LogP contribution in [0.25, 0.3) is 21.5 Å². The van der Waals surface area contributed by atoms with Gasteiger partial charge in [0.15, 0.2) is 23.1 Å².